The summed E-state index contributed by atoms with van der Waals surface area (Å²) >= 11 is 0. The first kappa shape index (κ1) is 16.9. The third-order valence-electron chi connectivity index (χ3n) is 4.00. The number of nitrogens with one attached hydrogen (secondary N) is 1. The van der Waals surface area contributed by atoms with E-state index in [2.05, 4.69) is 39.2 Å². The molecule has 20 heavy (non-hydrogen) atoms. The molecule has 1 aromatic rings. The normalized spacial score (nSPS) is 15.5. The second kappa shape index (κ2) is 6.10. The maximum Gasteiger partial charge on any atom is 0.192 e. The van der Waals surface area contributed by atoms with Crippen LogP contribution in [0.2, 0.25) is 18.1 Å². The van der Waals surface area contributed by atoms with Crippen LogP contribution in [0.15, 0.2) is 30.3 Å². The van der Waals surface area contributed by atoms with Crippen molar-refractivity contribution in [1.82, 2.24) is 0 Å². The maximum atomic E-state index is 11.5. The minimum absolute atomic E-state index is 0.142. The van der Waals surface area contributed by atoms with Crippen LogP contribution >= 0.6 is 0 Å². The van der Waals surface area contributed by atoms with Gasteiger partial charge in [-0.2, -0.15) is 0 Å². The highest BCUT2D eigenvalue weighted by atomic mass is 28.4. The van der Waals surface area contributed by atoms with Gasteiger partial charge in [-0.3, -0.25) is 0 Å². The first-order valence-electron chi connectivity index (χ1n) is 7.03. The molecule has 0 unspecified atom stereocenters. The van der Waals surface area contributed by atoms with Crippen molar-refractivity contribution in [1.29, 1.82) is 0 Å². The number of benzene rings is 1. The Morgan fingerprint density at radius 3 is 2.15 bits per heavy atom. The number of para-hydroxylation sites is 1. The average Bonchev–Trinajstić information content (AvgIpc) is 2.36. The van der Waals surface area contributed by atoms with Crippen LogP contribution in [0, 0.1) is 0 Å². The fourth-order valence-corrected chi connectivity index (χ4v) is 2.59. The second-order valence-corrected chi connectivity index (χ2v) is 11.9. The van der Waals surface area contributed by atoms with Gasteiger partial charge >= 0.3 is 0 Å². The summed E-state index contributed by atoms with van der Waals surface area (Å²) in [5, 5.41) is 3.40. The van der Waals surface area contributed by atoms with Gasteiger partial charge < -0.3 is 14.5 Å². The molecule has 112 valence electrons. The highest BCUT2D eigenvalue weighted by Crippen LogP contribution is 2.37. The van der Waals surface area contributed by atoms with Crippen LogP contribution in [0.4, 0.5) is 5.69 Å². The van der Waals surface area contributed by atoms with E-state index in [0.717, 1.165) is 12.0 Å². The number of anilines is 1. The minimum Gasteiger partial charge on any atom is -0.414 e. The molecule has 0 amide bonds. The third-order valence-corrected chi connectivity index (χ3v) is 8.48. The standard InChI is InChI=1S/C16H27NO2Si/c1-15(2,3)20(5,6)19-13-16(4,12-18)17-14-10-8-7-9-11-14/h7-12,17H,13H2,1-6H3/t16-/m0/s1. The van der Waals surface area contributed by atoms with E-state index in [1.807, 2.05) is 37.3 Å². The Hall–Kier alpha value is -1.13. The number of rotatable bonds is 6. The largest absolute Gasteiger partial charge is 0.414 e. The van der Waals surface area contributed by atoms with Crippen molar-refractivity contribution in [3.05, 3.63) is 30.3 Å². The van der Waals surface area contributed by atoms with E-state index in [1.165, 1.54) is 0 Å². The Balaban J connectivity index is 2.74. The van der Waals surface area contributed by atoms with Gasteiger partial charge in [-0.15, -0.1) is 0 Å². The molecule has 1 N–H and O–H groups in total. The van der Waals surface area contributed by atoms with Gasteiger partial charge in [-0.1, -0.05) is 39.0 Å². The zero-order chi connectivity index (χ0) is 15.4. The molecule has 1 aromatic carbocycles. The Morgan fingerprint density at radius 1 is 1.15 bits per heavy atom. The van der Waals surface area contributed by atoms with Crippen LogP contribution < -0.4 is 5.32 Å². The smallest absolute Gasteiger partial charge is 0.192 e. The van der Waals surface area contributed by atoms with Crippen LogP contribution in [0.3, 0.4) is 0 Å². The Kier molecular flexibility index (Phi) is 5.16. The molecule has 0 aromatic heterocycles. The van der Waals surface area contributed by atoms with Crippen LogP contribution in [-0.4, -0.2) is 26.7 Å². The second-order valence-electron chi connectivity index (χ2n) is 7.08. The topological polar surface area (TPSA) is 38.3 Å². The number of hydrogen-bond acceptors (Lipinski definition) is 3. The van der Waals surface area contributed by atoms with Crippen LogP contribution in [0.1, 0.15) is 27.7 Å². The summed E-state index contributed by atoms with van der Waals surface area (Å²) in [6.07, 6.45) is 0.938. The zero-order valence-electron chi connectivity index (χ0n) is 13.5. The fraction of sp³-hybridized carbons (Fsp3) is 0.562. The van der Waals surface area contributed by atoms with Crippen molar-refractivity contribution in [3.8, 4) is 0 Å². The molecule has 0 bridgehead atoms. The molecule has 1 rings (SSSR count). The summed E-state index contributed by atoms with van der Waals surface area (Å²) in [5.41, 5.74) is 0.234. The Bertz CT molecular complexity index is 440. The summed E-state index contributed by atoms with van der Waals surface area (Å²) < 4.78 is 6.17. The van der Waals surface area contributed by atoms with Crippen molar-refractivity contribution in [3.63, 3.8) is 0 Å². The lowest BCUT2D eigenvalue weighted by molar-refractivity contribution is -0.112. The molecule has 4 heteroatoms. The van der Waals surface area contributed by atoms with Crippen LogP contribution in [0.5, 0.6) is 0 Å². The monoisotopic (exact) mass is 293 g/mol. The molecule has 3 nitrogen and oxygen atoms in total. The molecule has 0 fully saturated rings. The van der Waals surface area contributed by atoms with Crippen molar-refractivity contribution in [2.24, 2.45) is 0 Å². The molecule has 1 atom stereocenters. The number of carbonyl (C=O) groups is 1. The molecule has 0 saturated carbocycles. The Labute approximate surface area is 123 Å². The van der Waals surface area contributed by atoms with E-state index in [-0.39, 0.29) is 5.04 Å². The summed E-state index contributed by atoms with van der Waals surface area (Å²) in [7, 11) is -1.85. The highest BCUT2D eigenvalue weighted by molar-refractivity contribution is 6.74. The molecule has 0 saturated heterocycles. The van der Waals surface area contributed by atoms with E-state index in [1.54, 1.807) is 0 Å². The molecule has 0 aliphatic heterocycles. The lowest BCUT2D eigenvalue weighted by Gasteiger charge is -2.39. The van der Waals surface area contributed by atoms with Gasteiger partial charge in [-0.05, 0) is 37.2 Å². The van der Waals surface area contributed by atoms with Crippen molar-refractivity contribution < 1.29 is 9.22 Å². The molecular weight excluding hydrogens is 266 g/mol. The summed E-state index contributed by atoms with van der Waals surface area (Å²) in [6, 6.07) is 9.75. The highest BCUT2D eigenvalue weighted by Gasteiger charge is 2.39. The van der Waals surface area contributed by atoms with Gasteiger partial charge in [0.15, 0.2) is 8.32 Å². The van der Waals surface area contributed by atoms with Crippen molar-refractivity contribution >= 4 is 20.3 Å². The van der Waals surface area contributed by atoms with E-state index in [9.17, 15) is 4.79 Å². The first-order chi connectivity index (χ1) is 9.10. The van der Waals surface area contributed by atoms with Crippen molar-refractivity contribution in [2.45, 2.75) is 51.4 Å². The fourth-order valence-electron chi connectivity index (χ4n) is 1.50. The molecule has 0 spiro atoms. The predicted molar refractivity (Wildman–Crippen MR) is 87.7 cm³/mol. The van der Waals surface area contributed by atoms with Gasteiger partial charge in [0.2, 0.25) is 0 Å². The summed E-state index contributed by atoms with van der Waals surface area (Å²) in [6.45, 7) is 13.2. The van der Waals surface area contributed by atoms with Gasteiger partial charge in [0, 0.05) is 5.69 Å². The number of carbonyl (C=O) groups excluding carboxylic acids is 1. The third kappa shape index (κ3) is 4.46. The van der Waals surface area contributed by atoms with Crippen LogP contribution in [-0.2, 0) is 9.22 Å². The van der Waals surface area contributed by atoms with Gasteiger partial charge in [-0.25, -0.2) is 0 Å². The average molecular weight is 293 g/mol. The number of hydrogen-bond donors (Lipinski definition) is 1. The summed E-state index contributed by atoms with van der Waals surface area (Å²) in [5.74, 6) is 0. The molecule has 0 aliphatic rings. The van der Waals surface area contributed by atoms with E-state index in [4.69, 9.17) is 4.43 Å². The van der Waals surface area contributed by atoms with Crippen LogP contribution in [0.25, 0.3) is 0 Å². The summed E-state index contributed by atoms with van der Waals surface area (Å²) in [4.78, 5) is 11.5. The predicted octanol–water partition coefficient (Wildman–Crippen LogP) is 4.08. The van der Waals surface area contributed by atoms with E-state index in [0.29, 0.717) is 6.61 Å². The molecule has 0 heterocycles. The molecule has 0 radical (unpaired) electrons. The molecule has 0 aliphatic carbocycles. The Morgan fingerprint density at radius 2 is 1.70 bits per heavy atom. The van der Waals surface area contributed by atoms with Gasteiger partial charge in [0.25, 0.3) is 0 Å². The van der Waals surface area contributed by atoms with Gasteiger partial charge in [0.1, 0.15) is 11.8 Å². The lowest BCUT2D eigenvalue weighted by Crippen LogP contribution is -2.49. The van der Waals surface area contributed by atoms with E-state index >= 15 is 0 Å². The molecular formula is C16H27NO2Si. The quantitative estimate of drug-likeness (QED) is 0.634. The van der Waals surface area contributed by atoms with Gasteiger partial charge in [0.05, 0.1) is 6.61 Å². The first-order valence-corrected chi connectivity index (χ1v) is 9.94. The SMILES string of the molecule is CC(C)(C)[Si](C)(C)OC[C@](C)(C=O)Nc1ccccc1. The van der Waals surface area contributed by atoms with Crippen molar-refractivity contribution in [2.75, 3.05) is 11.9 Å². The maximum absolute atomic E-state index is 11.5. The number of aldehydes is 1. The lowest BCUT2D eigenvalue weighted by atomic mass is 10.1. The van der Waals surface area contributed by atoms with E-state index < -0.39 is 13.9 Å². The zero-order valence-corrected chi connectivity index (χ0v) is 14.5. The minimum atomic E-state index is -1.85.